The molecule has 5 N–H and O–H groups in total. The Bertz CT molecular complexity index is 649. The Morgan fingerprint density at radius 3 is 2.81 bits per heavy atom. The number of aliphatic hydroxyl groups is 3. The highest BCUT2D eigenvalue weighted by Gasteiger charge is 2.57. The van der Waals surface area contributed by atoms with Gasteiger partial charge in [0.15, 0.2) is 6.23 Å². The van der Waals surface area contributed by atoms with Crippen LogP contribution in [-0.2, 0) is 4.74 Å². The molecule has 0 bridgehead atoms. The highest BCUT2D eigenvalue weighted by molar-refractivity contribution is 5.23. The molecule has 1 aliphatic rings. The first-order chi connectivity index (χ1) is 9.81. The fourth-order valence-electron chi connectivity index (χ4n) is 2.20. The van der Waals surface area contributed by atoms with Crippen LogP contribution in [0.25, 0.3) is 0 Å². The van der Waals surface area contributed by atoms with Gasteiger partial charge < -0.3 is 25.8 Å². The molecule has 1 aromatic heterocycles. The predicted molar refractivity (Wildman–Crippen MR) is 70.7 cm³/mol. The van der Waals surface area contributed by atoms with E-state index in [1.54, 1.807) is 0 Å². The van der Waals surface area contributed by atoms with Crippen molar-refractivity contribution in [3.8, 4) is 11.8 Å². The van der Waals surface area contributed by atoms with Crippen LogP contribution < -0.4 is 11.4 Å². The van der Waals surface area contributed by atoms with Gasteiger partial charge in [-0.1, -0.05) is 5.92 Å². The number of aliphatic hydroxyl groups excluding tert-OH is 2. The van der Waals surface area contributed by atoms with Crippen molar-refractivity contribution < 1.29 is 20.1 Å². The molecule has 21 heavy (non-hydrogen) atoms. The van der Waals surface area contributed by atoms with E-state index in [1.165, 1.54) is 13.8 Å². The largest absolute Gasteiger partial charge is 0.391 e. The number of hydrogen-bond donors (Lipinski definition) is 4. The number of rotatable bonds is 2. The van der Waals surface area contributed by atoms with Crippen molar-refractivity contribution in [2.75, 3.05) is 5.73 Å². The maximum Gasteiger partial charge on any atom is 0.368 e. The Hall–Kier alpha value is -1.99. The Balaban J connectivity index is 2.54. The Morgan fingerprint density at radius 1 is 1.62 bits per heavy atom. The summed E-state index contributed by atoms with van der Waals surface area (Å²) in [5.41, 5.74) is 2.38. The Morgan fingerprint density at radius 2 is 2.29 bits per heavy atom. The summed E-state index contributed by atoms with van der Waals surface area (Å²) in [6.45, 7) is 2.84. The summed E-state index contributed by atoms with van der Waals surface area (Å²) in [6, 6.07) is 0. The van der Waals surface area contributed by atoms with Crippen molar-refractivity contribution in [1.82, 2.24) is 14.8 Å². The molecular formula is C12H16N4O5. The van der Waals surface area contributed by atoms with Crippen LogP contribution >= 0.6 is 0 Å². The highest BCUT2D eigenvalue weighted by Crippen LogP contribution is 2.38. The second-order valence-electron chi connectivity index (χ2n) is 4.75. The number of hydrogen-bond acceptors (Lipinski definition) is 8. The molecule has 0 amide bonds. The van der Waals surface area contributed by atoms with Gasteiger partial charge in [-0.15, -0.1) is 5.92 Å². The van der Waals surface area contributed by atoms with Crippen LogP contribution in [0.2, 0.25) is 0 Å². The van der Waals surface area contributed by atoms with Crippen LogP contribution in [0.15, 0.2) is 11.0 Å². The number of ether oxygens (including phenoxy) is 1. The van der Waals surface area contributed by atoms with Crippen molar-refractivity contribution in [1.29, 1.82) is 0 Å². The minimum Gasteiger partial charge on any atom is -0.391 e. The van der Waals surface area contributed by atoms with Crippen LogP contribution in [0, 0.1) is 11.8 Å². The average Bonchev–Trinajstić information content (AvgIpc) is 2.64. The molecule has 2 heterocycles. The normalized spacial score (nSPS) is 33.3. The number of nitrogens with zero attached hydrogens (tertiary/aromatic N) is 3. The van der Waals surface area contributed by atoms with E-state index in [2.05, 4.69) is 21.9 Å². The molecule has 0 saturated carbocycles. The van der Waals surface area contributed by atoms with Crippen LogP contribution in [0.1, 0.15) is 20.1 Å². The van der Waals surface area contributed by atoms with E-state index >= 15 is 0 Å². The molecule has 2 unspecified atom stereocenters. The average molecular weight is 296 g/mol. The van der Waals surface area contributed by atoms with E-state index in [0.29, 0.717) is 0 Å². The Kier molecular flexibility index (Phi) is 3.97. The van der Waals surface area contributed by atoms with Crippen LogP contribution in [0.3, 0.4) is 0 Å². The molecule has 2 rings (SSSR count). The van der Waals surface area contributed by atoms with E-state index in [0.717, 1.165) is 10.9 Å². The fourth-order valence-corrected chi connectivity index (χ4v) is 2.20. The first-order valence-electron chi connectivity index (χ1n) is 6.20. The fraction of sp³-hybridized carbons (Fsp3) is 0.583. The van der Waals surface area contributed by atoms with Crippen molar-refractivity contribution in [2.45, 2.75) is 44.0 Å². The lowest BCUT2D eigenvalue weighted by Crippen LogP contribution is -2.49. The van der Waals surface area contributed by atoms with Gasteiger partial charge in [0.2, 0.25) is 5.60 Å². The Labute approximate surface area is 120 Å². The van der Waals surface area contributed by atoms with Gasteiger partial charge in [-0.2, -0.15) is 14.8 Å². The molecule has 0 radical (unpaired) electrons. The highest BCUT2D eigenvalue weighted by atomic mass is 16.6. The van der Waals surface area contributed by atoms with E-state index < -0.39 is 35.8 Å². The lowest BCUT2D eigenvalue weighted by Gasteiger charge is -2.25. The first-order valence-corrected chi connectivity index (χ1v) is 6.20. The molecule has 0 aliphatic carbocycles. The second-order valence-corrected chi connectivity index (χ2v) is 4.75. The first kappa shape index (κ1) is 15.4. The minimum absolute atomic E-state index is 0.0908. The van der Waals surface area contributed by atoms with Gasteiger partial charge in [0.1, 0.15) is 18.0 Å². The zero-order valence-electron chi connectivity index (χ0n) is 11.5. The van der Waals surface area contributed by atoms with Crippen LogP contribution in [0.5, 0.6) is 0 Å². The predicted octanol–water partition coefficient (Wildman–Crippen LogP) is -2.39. The topological polar surface area (TPSA) is 144 Å². The summed E-state index contributed by atoms with van der Waals surface area (Å²) >= 11 is 0. The second kappa shape index (κ2) is 5.42. The summed E-state index contributed by atoms with van der Waals surface area (Å²) < 4.78 is 6.11. The molecule has 1 fully saturated rings. The lowest BCUT2D eigenvalue weighted by molar-refractivity contribution is -0.0946. The summed E-state index contributed by atoms with van der Waals surface area (Å²) in [4.78, 5) is 15.3. The zero-order valence-corrected chi connectivity index (χ0v) is 11.5. The maximum absolute atomic E-state index is 11.8. The number of aromatic nitrogens is 3. The molecule has 0 spiro atoms. The molecule has 9 heteroatoms. The third kappa shape index (κ3) is 2.50. The molecule has 1 aliphatic heterocycles. The van der Waals surface area contributed by atoms with Gasteiger partial charge in [-0.25, -0.2) is 4.79 Å². The van der Waals surface area contributed by atoms with Crippen LogP contribution in [0.4, 0.5) is 5.82 Å². The van der Waals surface area contributed by atoms with Crippen molar-refractivity contribution in [2.24, 2.45) is 0 Å². The molecule has 5 atom stereocenters. The summed E-state index contributed by atoms with van der Waals surface area (Å²) in [7, 11) is 0. The monoisotopic (exact) mass is 296 g/mol. The summed E-state index contributed by atoms with van der Waals surface area (Å²) in [6.07, 6.45) is -4.06. The maximum atomic E-state index is 11.8. The van der Waals surface area contributed by atoms with Gasteiger partial charge in [0.05, 0.1) is 12.3 Å². The molecule has 114 valence electrons. The van der Waals surface area contributed by atoms with E-state index in [1.807, 2.05) is 0 Å². The van der Waals surface area contributed by atoms with Gasteiger partial charge in [0.25, 0.3) is 0 Å². The summed E-state index contributed by atoms with van der Waals surface area (Å²) in [5, 5.41) is 34.1. The van der Waals surface area contributed by atoms with Gasteiger partial charge in [-0.3, -0.25) is 0 Å². The lowest BCUT2D eigenvalue weighted by atomic mass is 9.93. The molecular weight excluding hydrogens is 280 g/mol. The molecule has 1 aromatic rings. The molecule has 1 saturated heterocycles. The minimum atomic E-state index is -2.11. The van der Waals surface area contributed by atoms with Gasteiger partial charge >= 0.3 is 5.69 Å². The number of nitrogen functional groups attached to an aromatic ring is 1. The smallest absolute Gasteiger partial charge is 0.368 e. The van der Waals surface area contributed by atoms with E-state index in [9.17, 15) is 20.1 Å². The quantitative estimate of drug-likeness (QED) is 0.443. The van der Waals surface area contributed by atoms with E-state index in [-0.39, 0.29) is 5.82 Å². The third-order valence-electron chi connectivity index (χ3n) is 3.18. The van der Waals surface area contributed by atoms with Gasteiger partial charge in [-0.05, 0) is 13.8 Å². The van der Waals surface area contributed by atoms with Crippen molar-refractivity contribution in [3.05, 3.63) is 16.7 Å². The number of nitrogens with two attached hydrogens (primary N) is 1. The SMILES string of the molecule is CC#CC1(O)C(O)[C@@H]([C@@H](C)O)O[C@H]1n1ncc(N)nc1=O. The van der Waals surface area contributed by atoms with Gasteiger partial charge in [0, 0.05) is 0 Å². The van der Waals surface area contributed by atoms with E-state index in [4.69, 9.17) is 10.5 Å². The third-order valence-corrected chi connectivity index (χ3v) is 3.18. The standard InChI is InChI=1S/C12H16N4O5/c1-3-4-12(20)9(18)8(6(2)17)21-10(12)16-11(19)15-7(13)5-14-16/h5-6,8-10,17-18,20H,1-2H3,(H2,13,15,19)/t6-,8-,9?,10-,12?/m1/s1. The molecule has 0 aromatic carbocycles. The summed E-state index contributed by atoms with van der Waals surface area (Å²) in [5.74, 6) is 4.78. The zero-order chi connectivity index (χ0) is 15.8. The molecule has 9 nitrogen and oxygen atoms in total. The van der Waals surface area contributed by atoms with Crippen molar-refractivity contribution >= 4 is 5.82 Å². The van der Waals surface area contributed by atoms with Crippen molar-refractivity contribution in [3.63, 3.8) is 0 Å². The van der Waals surface area contributed by atoms with Crippen LogP contribution in [-0.4, -0.2) is 54.0 Å². The number of anilines is 1.